The zero-order valence-electron chi connectivity index (χ0n) is 10.4. The molecule has 0 fully saturated rings. The Morgan fingerprint density at radius 2 is 2.12 bits per heavy atom. The van der Waals surface area contributed by atoms with Crippen molar-refractivity contribution in [2.45, 2.75) is 33.4 Å². The van der Waals surface area contributed by atoms with E-state index < -0.39 is 4.92 Å². The van der Waals surface area contributed by atoms with Crippen molar-refractivity contribution in [1.82, 2.24) is 0 Å². The van der Waals surface area contributed by atoms with Crippen molar-refractivity contribution in [3.8, 4) is 0 Å². The maximum atomic E-state index is 10.7. The molecule has 0 radical (unpaired) electrons. The number of nitro groups is 1. The normalized spacial score (nSPS) is 10.6. The third-order valence-corrected chi connectivity index (χ3v) is 2.73. The smallest absolute Gasteiger partial charge is 0.275 e. The van der Waals surface area contributed by atoms with Crippen LogP contribution in [0, 0.1) is 10.1 Å². The maximum absolute atomic E-state index is 10.7. The highest BCUT2D eigenvalue weighted by Gasteiger charge is 2.16. The monoisotopic (exact) mass is 238 g/mol. The summed E-state index contributed by atoms with van der Waals surface area (Å²) in [6.45, 7) is 6.65. The maximum Gasteiger partial charge on any atom is 0.275 e. The number of nitro benzene ring substituents is 1. The highest BCUT2D eigenvalue weighted by atomic mass is 16.6. The Hall–Kier alpha value is -1.62. The Morgan fingerprint density at radius 1 is 1.47 bits per heavy atom. The molecule has 5 heteroatoms. The summed E-state index contributed by atoms with van der Waals surface area (Å²) in [5.74, 6) is 0. The average molecular weight is 238 g/mol. The molecule has 1 N–H and O–H groups in total. The third kappa shape index (κ3) is 2.94. The second-order valence-corrected chi connectivity index (χ2v) is 4.11. The molecule has 0 amide bonds. The van der Waals surface area contributed by atoms with Gasteiger partial charge < -0.3 is 10.0 Å². The van der Waals surface area contributed by atoms with Crippen LogP contribution in [0.5, 0.6) is 0 Å². The van der Waals surface area contributed by atoms with Gasteiger partial charge in [-0.25, -0.2) is 0 Å². The Labute approximate surface area is 101 Å². The topological polar surface area (TPSA) is 66.6 Å². The van der Waals surface area contributed by atoms with Gasteiger partial charge in [0.15, 0.2) is 0 Å². The Bertz CT molecular complexity index is 405. The predicted octanol–water partition coefficient (Wildman–Crippen LogP) is 2.32. The lowest BCUT2D eigenvalue weighted by Crippen LogP contribution is -2.30. The molecule has 94 valence electrons. The van der Waals surface area contributed by atoms with Crippen molar-refractivity contribution in [3.63, 3.8) is 0 Å². The number of benzene rings is 1. The van der Waals surface area contributed by atoms with Gasteiger partial charge in [0.25, 0.3) is 5.69 Å². The first-order chi connectivity index (χ1) is 8.01. The summed E-state index contributed by atoms with van der Waals surface area (Å²) in [5, 5.41) is 19.9. The number of hydrogen-bond acceptors (Lipinski definition) is 4. The van der Waals surface area contributed by atoms with Crippen LogP contribution in [0.4, 0.5) is 11.4 Å². The fourth-order valence-electron chi connectivity index (χ4n) is 1.90. The van der Waals surface area contributed by atoms with E-state index in [1.807, 2.05) is 6.92 Å². The van der Waals surface area contributed by atoms with E-state index in [-0.39, 0.29) is 12.3 Å². The standard InChI is InChI=1S/C12H18N2O3/c1-4-13(9(2)3)11-5-6-12(14(16)17)10(7-11)8-15/h5-7,9,15H,4,8H2,1-3H3. The molecule has 0 aliphatic rings. The zero-order valence-corrected chi connectivity index (χ0v) is 10.4. The van der Waals surface area contributed by atoms with Gasteiger partial charge >= 0.3 is 0 Å². The van der Waals surface area contributed by atoms with Crippen LogP contribution in [0.15, 0.2) is 18.2 Å². The molecule has 0 saturated heterocycles. The SMILES string of the molecule is CCN(c1ccc([N+](=O)[O-])c(CO)c1)C(C)C. The highest BCUT2D eigenvalue weighted by Crippen LogP contribution is 2.26. The first kappa shape index (κ1) is 13.4. The molecular weight excluding hydrogens is 220 g/mol. The summed E-state index contributed by atoms with van der Waals surface area (Å²) in [5.41, 5.74) is 1.22. The lowest BCUT2D eigenvalue weighted by atomic mass is 10.1. The van der Waals surface area contributed by atoms with Crippen molar-refractivity contribution >= 4 is 11.4 Å². The lowest BCUT2D eigenvalue weighted by Gasteiger charge is -2.27. The quantitative estimate of drug-likeness (QED) is 0.631. The summed E-state index contributed by atoms with van der Waals surface area (Å²) in [7, 11) is 0. The van der Waals surface area contributed by atoms with Gasteiger partial charge in [-0.1, -0.05) is 0 Å². The molecule has 0 heterocycles. The predicted molar refractivity (Wildman–Crippen MR) is 67.2 cm³/mol. The second kappa shape index (κ2) is 5.63. The molecule has 0 bridgehead atoms. The molecule has 0 aliphatic carbocycles. The van der Waals surface area contributed by atoms with Gasteiger partial charge in [-0.3, -0.25) is 10.1 Å². The summed E-state index contributed by atoms with van der Waals surface area (Å²) in [6, 6.07) is 5.17. The van der Waals surface area contributed by atoms with Crippen LogP contribution in [0.2, 0.25) is 0 Å². The molecule has 0 atom stereocenters. The Balaban J connectivity index is 3.16. The van der Waals surface area contributed by atoms with Gasteiger partial charge in [-0.05, 0) is 32.9 Å². The number of aliphatic hydroxyl groups is 1. The van der Waals surface area contributed by atoms with Crippen LogP contribution < -0.4 is 4.90 Å². The number of nitrogens with zero attached hydrogens (tertiary/aromatic N) is 2. The first-order valence-corrected chi connectivity index (χ1v) is 5.66. The summed E-state index contributed by atoms with van der Waals surface area (Å²) in [4.78, 5) is 12.4. The van der Waals surface area contributed by atoms with E-state index in [4.69, 9.17) is 5.11 Å². The number of aliphatic hydroxyl groups excluding tert-OH is 1. The Kier molecular flexibility index (Phi) is 4.45. The molecule has 0 spiro atoms. The zero-order chi connectivity index (χ0) is 13.0. The van der Waals surface area contributed by atoms with Crippen LogP contribution in [-0.4, -0.2) is 22.6 Å². The second-order valence-electron chi connectivity index (χ2n) is 4.11. The van der Waals surface area contributed by atoms with Crippen LogP contribution in [0.3, 0.4) is 0 Å². The molecule has 5 nitrogen and oxygen atoms in total. The minimum Gasteiger partial charge on any atom is -0.391 e. The van der Waals surface area contributed by atoms with E-state index in [0.717, 1.165) is 12.2 Å². The molecule has 17 heavy (non-hydrogen) atoms. The molecule has 1 aromatic rings. The van der Waals surface area contributed by atoms with Crippen molar-refractivity contribution in [1.29, 1.82) is 0 Å². The van der Waals surface area contributed by atoms with E-state index in [9.17, 15) is 10.1 Å². The van der Waals surface area contributed by atoms with Crippen molar-refractivity contribution in [3.05, 3.63) is 33.9 Å². The van der Waals surface area contributed by atoms with E-state index in [1.165, 1.54) is 6.07 Å². The van der Waals surface area contributed by atoms with Crippen molar-refractivity contribution < 1.29 is 10.0 Å². The van der Waals surface area contributed by atoms with Crippen LogP contribution >= 0.6 is 0 Å². The van der Waals surface area contributed by atoms with Crippen molar-refractivity contribution in [2.24, 2.45) is 0 Å². The fraction of sp³-hybridized carbons (Fsp3) is 0.500. The van der Waals surface area contributed by atoms with Crippen LogP contribution in [-0.2, 0) is 6.61 Å². The van der Waals surface area contributed by atoms with Crippen molar-refractivity contribution in [2.75, 3.05) is 11.4 Å². The van der Waals surface area contributed by atoms with Gasteiger partial charge in [-0.15, -0.1) is 0 Å². The summed E-state index contributed by atoms with van der Waals surface area (Å²) < 4.78 is 0. The van der Waals surface area contributed by atoms with Gasteiger partial charge in [0.1, 0.15) is 0 Å². The van der Waals surface area contributed by atoms with E-state index in [1.54, 1.807) is 12.1 Å². The molecule has 0 unspecified atom stereocenters. The highest BCUT2D eigenvalue weighted by molar-refractivity contribution is 5.56. The fourth-order valence-corrected chi connectivity index (χ4v) is 1.90. The molecule has 0 aromatic heterocycles. The van der Waals surface area contributed by atoms with Crippen LogP contribution in [0.1, 0.15) is 26.3 Å². The molecule has 1 rings (SSSR count). The van der Waals surface area contributed by atoms with E-state index >= 15 is 0 Å². The first-order valence-electron chi connectivity index (χ1n) is 5.66. The molecule has 0 aliphatic heterocycles. The number of hydrogen-bond donors (Lipinski definition) is 1. The van der Waals surface area contributed by atoms with Gasteiger partial charge in [0.2, 0.25) is 0 Å². The largest absolute Gasteiger partial charge is 0.391 e. The third-order valence-electron chi connectivity index (χ3n) is 2.73. The summed E-state index contributed by atoms with van der Waals surface area (Å²) in [6.07, 6.45) is 0. The minimum atomic E-state index is -0.471. The van der Waals surface area contributed by atoms with Gasteiger partial charge in [0, 0.05) is 24.3 Å². The molecule has 1 aromatic carbocycles. The molecular formula is C12H18N2O3. The Morgan fingerprint density at radius 3 is 2.53 bits per heavy atom. The molecule has 0 saturated carbocycles. The lowest BCUT2D eigenvalue weighted by molar-refractivity contribution is -0.385. The van der Waals surface area contributed by atoms with Crippen LogP contribution in [0.25, 0.3) is 0 Å². The average Bonchev–Trinajstić information content (AvgIpc) is 2.28. The van der Waals surface area contributed by atoms with Gasteiger partial charge in [0.05, 0.1) is 17.1 Å². The number of anilines is 1. The summed E-state index contributed by atoms with van der Waals surface area (Å²) >= 11 is 0. The minimum absolute atomic E-state index is 0.0314. The van der Waals surface area contributed by atoms with Gasteiger partial charge in [-0.2, -0.15) is 0 Å². The van der Waals surface area contributed by atoms with E-state index in [0.29, 0.717) is 11.6 Å². The van der Waals surface area contributed by atoms with E-state index in [2.05, 4.69) is 18.7 Å². The number of rotatable bonds is 5.